The van der Waals surface area contributed by atoms with E-state index in [0.717, 1.165) is 93.8 Å². The van der Waals surface area contributed by atoms with Gasteiger partial charge < -0.3 is 23.0 Å². The van der Waals surface area contributed by atoms with Gasteiger partial charge in [-0.25, -0.2) is 9.97 Å². The molecule has 108 heavy (non-hydrogen) atoms. The summed E-state index contributed by atoms with van der Waals surface area (Å²) in [4.78, 5) is 38.7. The Hall–Kier alpha value is -10.1. The van der Waals surface area contributed by atoms with Crippen molar-refractivity contribution in [3.63, 3.8) is 0 Å². The Labute approximate surface area is 640 Å². The number of thiophene rings is 1. The molecule has 5 aliphatic heterocycles. The maximum absolute atomic E-state index is 6.14. The Morgan fingerprint density at radius 2 is 0.778 bits per heavy atom. The summed E-state index contributed by atoms with van der Waals surface area (Å²) in [7, 11) is 12.6. The Bertz CT molecular complexity index is 5100. The van der Waals surface area contributed by atoms with Gasteiger partial charge in [-0.05, 0) is 256 Å². The van der Waals surface area contributed by atoms with Gasteiger partial charge in [-0.3, -0.25) is 39.5 Å². The van der Waals surface area contributed by atoms with E-state index < -0.39 is 0 Å². The molecule has 17 heteroatoms. The van der Waals surface area contributed by atoms with Crippen LogP contribution in [0.2, 0.25) is 5.15 Å². The lowest BCUT2D eigenvalue weighted by atomic mass is 9.99. The molecule has 5 aliphatic rings. The quantitative estimate of drug-likeness (QED) is 0.123. The summed E-state index contributed by atoms with van der Waals surface area (Å²) in [6, 6.07) is 64.7. The molecular weight excluding hydrogens is 1380 g/mol. The van der Waals surface area contributed by atoms with E-state index in [-0.39, 0.29) is 0 Å². The van der Waals surface area contributed by atoms with Gasteiger partial charge in [-0.1, -0.05) is 103 Å². The molecule has 548 valence electrons. The number of likely N-dealkylation sites (tertiary alicyclic amines) is 5. The number of ether oxygens (including phenoxy) is 1. The number of para-hydroxylation sites is 4. The van der Waals surface area contributed by atoms with Crippen molar-refractivity contribution in [1.82, 2.24) is 54.4 Å². The van der Waals surface area contributed by atoms with Gasteiger partial charge in [0.1, 0.15) is 39.2 Å². The van der Waals surface area contributed by atoms with E-state index in [4.69, 9.17) is 29.6 Å². The van der Waals surface area contributed by atoms with Crippen molar-refractivity contribution in [1.29, 1.82) is 0 Å². The maximum atomic E-state index is 6.14. The number of rotatable bonds is 11. The third-order valence-corrected chi connectivity index (χ3v) is 23.9. The van der Waals surface area contributed by atoms with Crippen LogP contribution in [0.3, 0.4) is 0 Å². The number of nitrogens with zero attached hydrogens (tertiary/aromatic N) is 10. The predicted molar refractivity (Wildman–Crippen MR) is 440 cm³/mol. The number of hydrogen-bond donors (Lipinski definition) is 1. The van der Waals surface area contributed by atoms with E-state index in [9.17, 15) is 0 Å². The third-order valence-electron chi connectivity index (χ3n) is 22.6. The molecule has 0 bridgehead atoms. The number of fused-ring (bicyclic) bond motifs is 5. The second-order valence-corrected chi connectivity index (χ2v) is 30.8. The number of aromatic amines is 1. The van der Waals surface area contributed by atoms with Crippen LogP contribution < -0.4 is 4.74 Å². The molecule has 5 aromatic carbocycles. The zero-order valence-corrected chi connectivity index (χ0v) is 63.9. The number of nitrogens with one attached hydrogen (secondary N) is 1. The molecule has 15 aromatic rings. The largest absolute Gasteiger partial charge is 0.481 e. The third kappa shape index (κ3) is 15.5. The van der Waals surface area contributed by atoms with E-state index in [0.29, 0.717) is 41.2 Å². The molecule has 20 rings (SSSR count). The van der Waals surface area contributed by atoms with Crippen molar-refractivity contribution >= 4 is 76.8 Å². The summed E-state index contributed by atoms with van der Waals surface area (Å²) in [6.45, 7) is 5.75. The molecule has 0 radical (unpaired) electrons. The standard InChI is InChI=1S/C19H20N2O2.C18H17ClN2O.C18H19N3.C18H18N2O.C18H18N2S/c1-21-9-5-7-16(21)15-12-20-19(22-2)11-14(15)18-10-13-6-3-4-8-17(13)23-18;1-21-8-4-6-15(21)14-11-20-18(19)10-13(14)17-9-12-5-2-3-7-16(12)22-17;1-21-10-4-7-18(21)15-12-19-9-8-14(15)17-11-13-5-2-3-6-16(13)20-17;2*1-20-10-4-6-16(20)15-12-19-9-8-14(15)18-11-13-5-2-3-7-17(13)21-18/h3-4,6,8,10-12,16H,5,7,9H2,1-2H3;2-3,5,7,9-11,15H,4,6,8H2,1H3;2-3,5-6,8-9,11-12,18,20H,4,7,10H2,1H3;2*2-3,5,7-9,11-12,16H,4,6,10H2,1H3/t16-;15-;18-;2*16-/m00000/s1. The number of pyridine rings is 5. The van der Waals surface area contributed by atoms with Crippen molar-refractivity contribution in [3.8, 4) is 61.5 Å². The predicted octanol–water partition coefficient (Wildman–Crippen LogP) is 22.2. The molecule has 15 heterocycles. The minimum absolute atomic E-state index is 0.382. The van der Waals surface area contributed by atoms with Crippen LogP contribution in [0.15, 0.2) is 245 Å². The Morgan fingerprint density at radius 1 is 0.389 bits per heavy atom. The first kappa shape index (κ1) is 72.1. The highest BCUT2D eigenvalue weighted by Crippen LogP contribution is 2.45. The van der Waals surface area contributed by atoms with Crippen LogP contribution in [0, 0.1) is 0 Å². The van der Waals surface area contributed by atoms with Gasteiger partial charge >= 0.3 is 0 Å². The van der Waals surface area contributed by atoms with Gasteiger partial charge in [0.25, 0.3) is 0 Å². The maximum Gasteiger partial charge on any atom is 0.213 e. The molecule has 15 nitrogen and oxygen atoms in total. The van der Waals surface area contributed by atoms with Gasteiger partial charge in [0.2, 0.25) is 5.88 Å². The number of furan rings is 3. The number of methoxy groups -OCH3 is 1. The second-order valence-electron chi connectivity index (χ2n) is 29.4. The number of benzene rings is 5. The van der Waals surface area contributed by atoms with E-state index in [1.807, 2.05) is 121 Å². The monoisotopic (exact) mass is 1470 g/mol. The second kappa shape index (κ2) is 32.7. The summed E-state index contributed by atoms with van der Waals surface area (Å²) in [5.74, 6) is 3.29. The van der Waals surface area contributed by atoms with Gasteiger partial charge in [0.15, 0.2) is 0 Å². The number of hydrogen-bond acceptors (Lipinski definition) is 15. The highest BCUT2D eigenvalue weighted by Gasteiger charge is 2.32. The van der Waals surface area contributed by atoms with Crippen molar-refractivity contribution in [3.05, 3.63) is 265 Å². The fourth-order valence-electron chi connectivity index (χ4n) is 16.9. The first-order chi connectivity index (χ1) is 53.0. The van der Waals surface area contributed by atoms with Crippen molar-refractivity contribution in [2.24, 2.45) is 0 Å². The van der Waals surface area contributed by atoms with Crippen LogP contribution in [0.4, 0.5) is 0 Å². The van der Waals surface area contributed by atoms with E-state index in [1.54, 1.807) is 7.11 Å². The van der Waals surface area contributed by atoms with Gasteiger partial charge in [0, 0.05) is 150 Å². The number of H-pyrrole nitrogens is 1. The molecule has 0 spiro atoms. The molecule has 10 aromatic heterocycles. The Balaban J connectivity index is 0.000000103. The van der Waals surface area contributed by atoms with Crippen molar-refractivity contribution in [2.75, 3.05) is 75.1 Å². The molecule has 0 unspecified atom stereocenters. The molecule has 0 saturated carbocycles. The SMILES string of the molecule is CN1CCC[C@H]1c1cnc(Cl)cc1-c1cc2ccccc2o1.CN1CCC[C@H]1c1cnccc1-c1cc2ccccc2[nH]1.CN1CCC[C@H]1c1cnccc1-c1cc2ccccc2o1.CN1CCC[C@H]1c1cnccc1-c1cc2ccccc2s1.COc1cc(-c2cc3ccccc3o2)c([C@@H]2CCCN2C)cn1. The van der Waals surface area contributed by atoms with E-state index in [2.05, 4.69) is 211 Å². The smallest absolute Gasteiger partial charge is 0.213 e. The van der Waals surface area contributed by atoms with Gasteiger partial charge in [-0.2, -0.15) is 0 Å². The van der Waals surface area contributed by atoms with Gasteiger partial charge in [0.05, 0.1) is 7.11 Å². The van der Waals surface area contributed by atoms with Crippen LogP contribution in [0.5, 0.6) is 5.88 Å². The average Bonchev–Trinajstić information content (AvgIpc) is 1.63. The lowest BCUT2D eigenvalue weighted by Gasteiger charge is -2.22. The fourth-order valence-corrected chi connectivity index (χ4v) is 18.1. The van der Waals surface area contributed by atoms with E-state index in [1.165, 1.54) is 141 Å². The summed E-state index contributed by atoms with van der Waals surface area (Å²) < 4.78 is 24.9. The minimum Gasteiger partial charge on any atom is -0.481 e. The summed E-state index contributed by atoms with van der Waals surface area (Å²) in [5, 5.41) is 6.46. The first-order valence-corrected chi connectivity index (χ1v) is 39.2. The first-order valence-electron chi connectivity index (χ1n) is 38.0. The molecule has 5 saturated heterocycles. The normalized spacial score (nSPS) is 19.2. The fraction of sp³-hybridized carbons (Fsp3) is 0.286. The summed E-state index contributed by atoms with van der Waals surface area (Å²) in [6.07, 6.45) is 27.7. The molecule has 0 aliphatic carbocycles. The Kier molecular flexibility index (Phi) is 21.9. The summed E-state index contributed by atoms with van der Waals surface area (Å²) in [5.41, 5.74) is 17.4. The van der Waals surface area contributed by atoms with Crippen LogP contribution in [-0.4, -0.2) is 129 Å². The highest BCUT2D eigenvalue weighted by atomic mass is 35.5. The highest BCUT2D eigenvalue weighted by molar-refractivity contribution is 7.22. The molecule has 5 fully saturated rings. The molecule has 0 amide bonds. The zero-order valence-electron chi connectivity index (χ0n) is 62.3. The topological polar surface area (TPSA) is 145 Å². The van der Waals surface area contributed by atoms with Crippen LogP contribution in [0.25, 0.3) is 110 Å². The van der Waals surface area contributed by atoms with Crippen molar-refractivity contribution < 1.29 is 18.0 Å². The number of halogens is 1. The lowest BCUT2D eigenvalue weighted by molar-refractivity contribution is 0.316. The van der Waals surface area contributed by atoms with Crippen LogP contribution in [0.1, 0.15) is 122 Å². The Morgan fingerprint density at radius 3 is 1.23 bits per heavy atom. The van der Waals surface area contributed by atoms with Crippen LogP contribution in [-0.2, 0) is 0 Å². The lowest BCUT2D eigenvalue weighted by Crippen LogP contribution is -2.18. The molecule has 1 N–H and O–H groups in total. The minimum atomic E-state index is 0.382. The zero-order chi connectivity index (χ0) is 73.6. The molecule has 5 atom stereocenters. The van der Waals surface area contributed by atoms with Crippen molar-refractivity contribution in [2.45, 2.75) is 94.4 Å². The van der Waals surface area contributed by atoms with Crippen LogP contribution >= 0.6 is 22.9 Å². The van der Waals surface area contributed by atoms with Gasteiger partial charge in [-0.15, -0.1) is 11.3 Å². The number of aromatic nitrogens is 6. The summed E-state index contributed by atoms with van der Waals surface area (Å²) >= 11 is 8.02. The molecular formula is C91H92ClN11O4S. The average molecular weight is 1470 g/mol. The van der Waals surface area contributed by atoms with E-state index >= 15 is 0 Å².